The lowest BCUT2D eigenvalue weighted by molar-refractivity contribution is 0.0776. The minimum absolute atomic E-state index is 0.119. The van der Waals surface area contributed by atoms with Crippen LogP contribution in [0.1, 0.15) is 88.7 Å². The second-order valence-electron chi connectivity index (χ2n) is 10.3. The normalized spacial score (nSPS) is 39.3. The molecule has 3 heteroatoms. The first-order chi connectivity index (χ1) is 12.9. The third-order valence-corrected chi connectivity index (χ3v) is 7.83. The SMILES string of the molecule is CC1CC2CC(C)CC(c3cc(O)c(C4CCCC(CO)C4)c(O)c3)(C1)C2. The molecule has 3 N–H and O–H groups in total. The molecule has 150 valence electrons. The Morgan fingerprint density at radius 1 is 0.926 bits per heavy atom. The Kier molecular flexibility index (Phi) is 5.18. The van der Waals surface area contributed by atoms with Crippen LogP contribution in [0.5, 0.6) is 11.5 Å². The molecule has 0 radical (unpaired) electrons. The number of phenols is 2. The summed E-state index contributed by atoms with van der Waals surface area (Å²) in [5.41, 5.74) is 1.99. The summed E-state index contributed by atoms with van der Waals surface area (Å²) in [5.74, 6) is 3.20. The zero-order valence-electron chi connectivity index (χ0n) is 17.0. The van der Waals surface area contributed by atoms with Crippen LogP contribution in [0.25, 0.3) is 0 Å². The van der Waals surface area contributed by atoms with Crippen molar-refractivity contribution >= 4 is 0 Å². The third-order valence-electron chi connectivity index (χ3n) is 7.83. The molecule has 0 saturated heterocycles. The smallest absolute Gasteiger partial charge is 0.123 e. The van der Waals surface area contributed by atoms with E-state index in [9.17, 15) is 15.3 Å². The van der Waals surface area contributed by atoms with Gasteiger partial charge in [-0.05, 0) is 104 Å². The summed E-state index contributed by atoms with van der Waals surface area (Å²) in [4.78, 5) is 0. The van der Waals surface area contributed by atoms with Gasteiger partial charge in [0.25, 0.3) is 0 Å². The quantitative estimate of drug-likeness (QED) is 0.659. The van der Waals surface area contributed by atoms with Crippen LogP contribution in [0.4, 0.5) is 0 Å². The van der Waals surface area contributed by atoms with Crippen LogP contribution in [0.3, 0.4) is 0 Å². The van der Waals surface area contributed by atoms with E-state index < -0.39 is 0 Å². The maximum atomic E-state index is 10.9. The Morgan fingerprint density at radius 3 is 2.15 bits per heavy atom. The summed E-state index contributed by atoms with van der Waals surface area (Å²) in [6, 6.07) is 3.95. The first kappa shape index (κ1) is 19.1. The number of aromatic hydroxyl groups is 2. The van der Waals surface area contributed by atoms with Crippen molar-refractivity contribution in [3.8, 4) is 11.5 Å². The minimum atomic E-state index is 0.119. The number of phenolic OH excluding ortho intramolecular Hbond substituents is 2. The first-order valence-corrected chi connectivity index (χ1v) is 11.1. The first-order valence-electron chi connectivity index (χ1n) is 11.1. The van der Waals surface area contributed by atoms with Crippen LogP contribution >= 0.6 is 0 Å². The number of hydrogen-bond donors (Lipinski definition) is 3. The Bertz CT molecular complexity index is 640. The highest BCUT2D eigenvalue weighted by Crippen LogP contribution is 2.56. The zero-order chi connectivity index (χ0) is 19.2. The van der Waals surface area contributed by atoms with Crippen molar-refractivity contribution < 1.29 is 15.3 Å². The molecule has 1 aromatic carbocycles. The van der Waals surface area contributed by atoms with Crippen LogP contribution in [0.15, 0.2) is 12.1 Å². The van der Waals surface area contributed by atoms with E-state index in [0.717, 1.165) is 42.7 Å². The monoisotopic (exact) mass is 372 g/mol. The molecular weight excluding hydrogens is 336 g/mol. The van der Waals surface area contributed by atoms with Crippen molar-refractivity contribution in [2.24, 2.45) is 23.7 Å². The molecule has 4 unspecified atom stereocenters. The Balaban J connectivity index is 1.67. The van der Waals surface area contributed by atoms with E-state index in [1.807, 2.05) is 12.1 Å². The van der Waals surface area contributed by atoms with Crippen molar-refractivity contribution in [1.82, 2.24) is 0 Å². The van der Waals surface area contributed by atoms with Gasteiger partial charge in [-0.25, -0.2) is 0 Å². The van der Waals surface area contributed by atoms with Crippen molar-refractivity contribution in [3.05, 3.63) is 23.3 Å². The van der Waals surface area contributed by atoms with Gasteiger partial charge < -0.3 is 15.3 Å². The largest absolute Gasteiger partial charge is 0.508 e. The predicted octanol–water partition coefficient (Wildman–Crippen LogP) is 5.47. The minimum Gasteiger partial charge on any atom is -0.508 e. The van der Waals surface area contributed by atoms with E-state index in [0.29, 0.717) is 17.8 Å². The second-order valence-corrected chi connectivity index (χ2v) is 10.3. The van der Waals surface area contributed by atoms with E-state index in [2.05, 4.69) is 13.8 Å². The molecule has 1 aromatic rings. The molecule has 4 atom stereocenters. The number of benzene rings is 1. The van der Waals surface area contributed by atoms with Crippen LogP contribution in [0, 0.1) is 23.7 Å². The molecule has 3 nitrogen and oxygen atoms in total. The maximum absolute atomic E-state index is 10.9. The average Bonchev–Trinajstić information content (AvgIpc) is 2.60. The molecular formula is C24H36O3. The summed E-state index contributed by atoms with van der Waals surface area (Å²) in [5, 5.41) is 31.4. The number of aliphatic hydroxyl groups excluding tert-OH is 1. The van der Waals surface area contributed by atoms with Gasteiger partial charge >= 0.3 is 0 Å². The van der Waals surface area contributed by atoms with Gasteiger partial charge in [-0.15, -0.1) is 0 Å². The highest BCUT2D eigenvalue weighted by molar-refractivity contribution is 5.51. The molecule has 0 aromatic heterocycles. The highest BCUT2D eigenvalue weighted by atomic mass is 16.3. The number of hydrogen-bond acceptors (Lipinski definition) is 3. The van der Waals surface area contributed by atoms with Gasteiger partial charge in [-0.3, -0.25) is 0 Å². The van der Waals surface area contributed by atoms with Crippen LogP contribution in [0.2, 0.25) is 0 Å². The van der Waals surface area contributed by atoms with Gasteiger partial charge in [0.2, 0.25) is 0 Å². The highest BCUT2D eigenvalue weighted by Gasteiger charge is 2.45. The summed E-state index contributed by atoms with van der Waals surface area (Å²) in [6.07, 6.45) is 10.1. The summed E-state index contributed by atoms with van der Waals surface area (Å²) < 4.78 is 0. The van der Waals surface area contributed by atoms with Crippen LogP contribution in [-0.2, 0) is 5.41 Å². The molecule has 2 bridgehead atoms. The van der Waals surface area contributed by atoms with Gasteiger partial charge in [0.05, 0.1) is 0 Å². The van der Waals surface area contributed by atoms with Crippen molar-refractivity contribution in [2.75, 3.05) is 6.61 Å². The summed E-state index contributed by atoms with van der Waals surface area (Å²) in [7, 11) is 0. The molecule has 0 amide bonds. The average molecular weight is 373 g/mol. The standard InChI is InChI=1S/C24H36O3/c1-15-6-18-7-16(2)12-24(11-15,13-18)20-9-21(26)23(22(27)10-20)19-5-3-4-17(8-19)14-25/h9-10,15-19,25-27H,3-8,11-14H2,1-2H3. The fraction of sp³-hybridized carbons (Fsp3) is 0.750. The Hall–Kier alpha value is -1.22. The molecule has 3 aliphatic rings. The number of fused-ring (bicyclic) bond motifs is 2. The van der Waals surface area contributed by atoms with Gasteiger partial charge in [0, 0.05) is 12.2 Å². The van der Waals surface area contributed by atoms with E-state index in [-0.39, 0.29) is 29.4 Å². The van der Waals surface area contributed by atoms with E-state index >= 15 is 0 Å². The molecule has 3 fully saturated rings. The Morgan fingerprint density at radius 2 is 1.56 bits per heavy atom. The van der Waals surface area contributed by atoms with E-state index in [1.165, 1.54) is 32.1 Å². The lowest BCUT2D eigenvalue weighted by Crippen LogP contribution is -2.42. The van der Waals surface area contributed by atoms with Crippen molar-refractivity contribution in [2.45, 2.75) is 83.0 Å². The van der Waals surface area contributed by atoms with Gasteiger partial charge in [0.15, 0.2) is 0 Å². The van der Waals surface area contributed by atoms with Crippen LogP contribution < -0.4 is 0 Å². The van der Waals surface area contributed by atoms with Crippen LogP contribution in [-0.4, -0.2) is 21.9 Å². The zero-order valence-corrected chi connectivity index (χ0v) is 17.0. The fourth-order valence-corrected chi connectivity index (χ4v) is 7.12. The number of aliphatic hydroxyl groups is 1. The predicted molar refractivity (Wildman–Crippen MR) is 108 cm³/mol. The van der Waals surface area contributed by atoms with Gasteiger partial charge in [-0.2, -0.15) is 0 Å². The number of rotatable bonds is 3. The molecule has 0 heterocycles. The summed E-state index contributed by atoms with van der Waals surface area (Å²) in [6.45, 7) is 4.93. The maximum Gasteiger partial charge on any atom is 0.123 e. The van der Waals surface area contributed by atoms with E-state index in [4.69, 9.17) is 0 Å². The van der Waals surface area contributed by atoms with Gasteiger partial charge in [-0.1, -0.05) is 20.3 Å². The lowest BCUT2D eigenvalue weighted by atomic mass is 9.54. The Labute approximate surface area is 163 Å². The van der Waals surface area contributed by atoms with Crippen molar-refractivity contribution in [1.29, 1.82) is 0 Å². The van der Waals surface area contributed by atoms with E-state index in [1.54, 1.807) is 0 Å². The second kappa shape index (κ2) is 7.31. The van der Waals surface area contributed by atoms with Crippen molar-refractivity contribution in [3.63, 3.8) is 0 Å². The van der Waals surface area contributed by atoms with Gasteiger partial charge in [0.1, 0.15) is 11.5 Å². The summed E-state index contributed by atoms with van der Waals surface area (Å²) >= 11 is 0. The molecule has 3 aliphatic carbocycles. The topological polar surface area (TPSA) is 60.7 Å². The fourth-order valence-electron chi connectivity index (χ4n) is 7.12. The molecule has 4 rings (SSSR count). The molecule has 3 saturated carbocycles. The molecule has 0 spiro atoms. The molecule has 27 heavy (non-hydrogen) atoms. The lowest BCUT2D eigenvalue weighted by Gasteiger charge is -2.50. The molecule has 0 aliphatic heterocycles. The third kappa shape index (κ3) is 3.60.